The van der Waals surface area contributed by atoms with Gasteiger partial charge < -0.3 is 14.2 Å². The van der Waals surface area contributed by atoms with E-state index in [1.165, 1.54) is 22.8 Å². The van der Waals surface area contributed by atoms with Crippen molar-refractivity contribution in [2.45, 2.75) is 25.4 Å². The van der Waals surface area contributed by atoms with Crippen LogP contribution in [0.15, 0.2) is 60.7 Å². The van der Waals surface area contributed by atoms with E-state index >= 15 is 0 Å². The molecule has 28 heavy (non-hydrogen) atoms. The van der Waals surface area contributed by atoms with Gasteiger partial charge >= 0.3 is 0 Å². The van der Waals surface area contributed by atoms with Crippen LogP contribution in [0.3, 0.4) is 0 Å². The SMILES string of the molecule is COc1ccc(OC[C@H]2CCCN2Cc2cccc3ccccc23)cc1OC. The first-order chi connectivity index (χ1) is 13.8. The Bertz CT molecular complexity index is 935. The second kappa shape index (κ2) is 8.53. The highest BCUT2D eigenvalue weighted by Crippen LogP contribution is 2.31. The smallest absolute Gasteiger partial charge is 0.164 e. The fraction of sp³-hybridized carbons (Fsp3) is 0.333. The predicted molar refractivity (Wildman–Crippen MR) is 112 cm³/mol. The summed E-state index contributed by atoms with van der Waals surface area (Å²) < 4.78 is 16.8. The number of methoxy groups -OCH3 is 2. The van der Waals surface area contributed by atoms with Gasteiger partial charge in [0.1, 0.15) is 12.4 Å². The minimum Gasteiger partial charge on any atom is -0.493 e. The van der Waals surface area contributed by atoms with Crippen LogP contribution in [0, 0.1) is 0 Å². The first-order valence-corrected chi connectivity index (χ1v) is 9.84. The molecule has 3 aromatic rings. The van der Waals surface area contributed by atoms with E-state index in [1.54, 1.807) is 14.2 Å². The molecule has 4 heteroatoms. The molecule has 0 bridgehead atoms. The number of benzene rings is 3. The van der Waals surface area contributed by atoms with Crippen LogP contribution in [0.4, 0.5) is 0 Å². The maximum atomic E-state index is 6.11. The van der Waals surface area contributed by atoms with Gasteiger partial charge in [0, 0.05) is 18.7 Å². The molecule has 0 N–H and O–H groups in total. The highest BCUT2D eigenvalue weighted by molar-refractivity contribution is 5.85. The molecule has 1 saturated heterocycles. The third-order valence-electron chi connectivity index (χ3n) is 5.55. The van der Waals surface area contributed by atoms with Crippen molar-refractivity contribution >= 4 is 10.8 Å². The lowest BCUT2D eigenvalue weighted by atomic mass is 10.0. The molecule has 4 nitrogen and oxygen atoms in total. The summed E-state index contributed by atoms with van der Waals surface area (Å²) in [6, 6.07) is 21.3. The summed E-state index contributed by atoms with van der Waals surface area (Å²) in [4.78, 5) is 2.54. The summed E-state index contributed by atoms with van der Waals surface area (Å²) in [6.45, 7) is 2.75. The molecule has 1 fully saturated rings. The number of hydrogen-bond acceptors (Lipinski definition) is 4. The summed E-state index contributed by atoms with van der Waals surface area (Å²) in [5.41, 5.74) is 1.39. The van der Waals surface area contributed by atoms with Crippen molar-refractivity contribution in [2.75, 3.05) is 27.4 Å². The molecule has 0 aliphatic carbocycles. The van der Waals surface area contributed by atoms with Crippen molar-refractivity contribution in [3.8, 4) is 17.2 Å². The number of likely N-dealkylation sites (tertiary alicyclic amines) is 1. The Balaban J connectivity index is 1.44. The van der Waals surface area contributed by atoms with Gasteiger partial charge in [-0.3, -0.25) is 4.90 Å². The number of fused-ring (bicyclic) bond motifs is 1. The molecule has 0 spiro atoms. The van der Waals surface area contributed by atoms with E-state index in [4.69, 9.17) is 14.2 Å². The van der Waals surface area contributed by atoms with Crippen molar-refractivity contribution in [1.82, 2.24) is 4.90 Å². The Morgan fingerprint density at radius 1 is 0.929 bits per heavy atom. The highest BCUT2D eigenvalue weighted by Gasteiger charge is 2.25. The monoisotopic (exact) mass is 377 g/mol. The molecule has 1 heterocycles. The average Bonchev–Trinajstić information content (AvgIpc) is 3.19. The Morgan fingerprint density at radius 2 is 1.75 bits per heavy atom. The molecule has 1 atom stereocenters. The molecular weight excluding hydrogens is 350 g/mol. The Labute approximate surface area is 166 Å². The van der Waals surface area contributed by atoms with Crippen LogP contribution in [-0.4, -0.2) is 38.3 Å². The first-order valence-electron chi connectivity index (χ1n) is 9.84. The van der Waals surface area contributed by atoms with Gasteiger partial charge in [0.2, 0.25) is 0 Å². The molecule has 1 aliphatic heterocycles. The van der Waals surface area contributed by atoms with Crippen LogP contribution in [0.25, 0.3) is 10.8 Å². The number of ether oxygens (including phenoxy) is 3. The third kappa shape index (κ3) is 3.92. The summed E-state index contributed by atoms with van der Waals surface area (Å²) in [5, 5.41) is 2.65. The molecule has 0 amide bonds. The van der Waals surface area contributed by atoms with E-state index < -0.39 is 0 Å². The second-order valence-electron chi connectivity index (χ2n) is 7.23. The van der Waals surface area contributed by atoms with Crippen LogP contribution >= 0.6 is 0 Å². The minimum atomic E-state index is 0.423. The summed E-state index contributed by atoms with van der Waals surface area (Å²) in [6.07, 6.45) is 2.38. The molecular formula is C24H27NO3. The van der Waals surface area contributed by atoms with Gasteiger partial charge in [0.15, 0.2) is 11.5 Å². The Hall–Kier alpha value is -2.72. The predicted octanol–water partition coefficient (Wildman–Crippen LogP) is 4.90. The molecule has 1 aliphatic rings. The van der Waals surface area contributed by atoms with Gasteiger partial charge in [-0.15, -0.1) is 0 Å². The van der Waals surface area contributed by atoms with E-state index in [9.17, 15) is 0 Å². The molecule has 146 valence electrons. The van der Waals surface area contributed by atoms with E-state index in [0.717, 1.165) is 25.3 Å². The Morgan fingerprint density at radius 3 is 2.61 bits per heavy atom. The number of hydrogen-bond donors (Lipinski definition) is 0. The lowest BCUT2D eigenvalue weighted by Gasteiger charge is -2.25. The first kappa shape index (κ1) is 18.6. The van der Waals surface area contributed by atoms with Gasteiger partial charge in [-0.1, -0.05) is 42.5 Å². The van der Waals surface area contributed by atoms with Crippen LogP contribution < -0.4 is 14.2 Å². The lowest BCUT2D eigenvalue weighted by molar-refractivity contribution is 0.167. The van der Waals surface area contributed by atoms with Crippen molar-refractivity contribution in [3.05, 3.63) is 66.2 Å². The quantitative estimate of drug-likeness (QED) is 0.586. The summed E-state index contributed by atoms with van der Waals surface area (Å²) in [7, 11) is 3.28. The topological polar surface area (TPSA) is 30.9 Å². The third-order valence-corrected chi connectivity index (χ3v) is 5.55. The summed E-state index contributed by atoms with van der Waals surface area (Å²) >= 11 is 0. The second-order valence-corrected chi connectivity index (χ2v) is 7.23. The standard InChI is InChI=1S/C24H27NO3/c1-26-23-13-12-21(15-24(23)27-2)28-17-20-10-6-14-25(20)16-19-9-5-8-18-7-3-4-11-22(18)19/h3-5,7-9,11-13,15,20H,6,10,14,16-17H2,1-2H3/t20-/m1/s1. The van der Waals surface area contributed by atoms with E-state index in [0.29, 0.717) is 24.1 Å². The van der Waals surface area contributed by atoms with Gasteiger partial charge in [0.05, 0.1) is 14.2 Å². The van der Waals surface area contributed by atoms with E-state index in [-0.39, 0.29) is 0 Å². The molecule has 0 unspecified atom stereocenters. The average molecular weight is 377 g/mol. The lowest BCUT2D eigenvalue weighted by Crippen LogP contribution is -2.33. The van der Waals surface area contributed by atoms with Crippen molar-refractivity contribution < 1.29 is 14.2 Å². The van der Waals surface area contributed by atoms with Gasteiger partial charge in [0.25, 0.3) is 0 Å². The van der Waals surface area contributed by atoms with Crippen LogP contribution in [0.1, 0.15) is 18.4 Å². The van der Waals surface area contributed by atoms with Crippen LogP contribution in [-0.2, 0) is 6.54 Å². The zero-order valence-corrected chi connectivity index (χ0v) is 16.6. The van der Waals surface area contributed by atoms with E-state index in [2.05, 4.69) is 47.4 Å². The normalized spacial score (nSPS) is 17.0. The molecule has 0 aromatic heterocycles. The molecule has 3 aromatic carbocycles. The zero-order chi connectivity index (χ0) is 19.3. The summed E-state index contributed by atoms with van der Waals surface area (Å²) in [5.74, 6) is 2.22. The van der Waals surface area contributed by atoms with Crippen LogP contribution in [0.5, 0.6) is 17.2 Å². The van der Waals surface area contributed by atoms with Crippen molar-refractivity contribution in [3.63, 3.8) is 0 Å². The Kier molecular flexibility index (Phi) is 5.68. The van der Waals surface area contributed by atoms with Crippen molar-refractivity contribution in [2.24, 2.45) is 0 Å². The van der Waals surface area contributed by atoms with Crippen LogP contribution in [0.2, 0.25) is 0 Å². The zero-order valence-electron chi connectivity index (χ0n) is 16.6. The van der Waals surface area contributed by atoms with Crippen molar-refractivity contribution in [1.29, 1.82) is 0 Å². The van der Waals surface area contributed by atoms with Gasteiger partial charge in [-0.2, -0.15) is 0 Å². The number of nitrogens with zero attached hydrogens (tertiary/aromatic N) is 1. The highest BCUT2D eigenvalue weighted by atomic mass is 16.5. The maximum Gasteiger partial charge on any atom is 0.164 e. The molecule has 4 rings (SSSR count). The molecule has 0 saturated carbocycles. The molecule has 0 radical (unpaired) electrons. The van der Waals surface area contributed by atoms with Gasteiger partial charge in [-0.05, 0) is 47.9 Å². The number of rotatable bonds is 7. The fourth-order valence-electron chi connectivity index (χ4n) is 4.04. The van der Waals surface area contributed by atoms with E-state index in [1.807, 2.05) is 18.2 Å². The minimum absolute atomic E-state index is 0.423. The largest absolute Gasteiger partial charge is 0.493 e. The van der Waals surface area contributed by atoms with Gasteiger partial charge in [-0.25, -0.2) is 0 Å². The maximum absolute atomic E-state index is 6.11. The fourth-order valence-corrected chi connectivity index (χ4v) is 4.04.